The van der Waals surface area contributed by atoms with Crippen LogP contribution < -0.4 is 10.6 Å². The van der Waals surface area contributed by atoms with Gasteiger partial charge in [0.15, 0.2) is 9.84 Å². The molecule has 0 spiro atoms. The summed E-state index contributed by atoms with van der Waals surface area (Å²) in [6.07, 6.45) is 0. The average molecular weight is 298 g/mol. The van der Waals surface area contributed by atoms with Crippen LogP contribution in [0.15, 0.2) is 29.2 Å². The smallest absolute Gasteiger partial charge is 0.319 e. The number of benzene rings is 1. The SMILES string of the molecule is CC(C)S(=O)(=O)c1ccc(NC(=O)NC(C)(C)C)cc1. The molecule has 0 saturated carbocycles. The van der Waals surface area contributed by atoms with Crippen LogP contribution in [0.1, 0.15) is 34.6 Å². The van der Waals surface area contributed by atoms with Crippen LogP contribution in [0, 0.1) is 0 Å². The molecular weight excluding hydrogens is 276 g/mol. The molecule has 0 aliphatic carbocycles. The second-order valence-corrected chi connectivity index (χ2v) is 8.45. The normalized spacial score (nSPS) is 12.3. The first kappa shape index (κ1) is 16.5. The molecule has 5 nitrogen and oxygen atoms in total. The van der Waals surface area contributed by atoms with Gasteiger partial charge in [-0.3, -0.25) is 0 Å². The molecule has 1 aromatic carbocycles. The van der Waals surface area contributed by atoms with Gasteiger partial charge in [-0.1, -0.05) is 0 Å². The van der Waals surface area contributed by atoms with E-state index in [1.165, 1.54) is 12.1 Å². The van der Waals surface area contributed by atoms with Crippen molar-refractivity contribution >= 4 is 21.6 Å². The summed E-state index contributed by atoms with van der Waals surface area (Å²) in [5.74, 6) is 0. The Bertz CT molecular complexity index is 569. The molecule has 6 heteroatoms. The van der Waals surface area contributed by atoms with Gasteiger partial charge >= 0.3 is 6.03 Å². The maximum absolute atomic E-state index is 12.0. The lowest BCUT2D eigenvalue weighted by Gasteiger charge is -2.20. The number of nitrogens with one attached hydrogen (secondary N) is 2. The topological polar surface area (TPSA) is 75.3 Å². The molecular formula is C14H22N2O3S. The Kier molecular flexibility index (Phi) is 4.81. The van der Waals surface area contributed by atoms with Crippen LogP contribution in [0.2, 0.25) is 0 Å². The van der Waals surface area contributed by atoms with Crippen LogP contribution >= 0.6 is 0 Å². The highest BCUT2D eigenvalue weighted by Gasteiger charge is 2.19. The Morgan fingerprint density at radius 1 is 1.10 bits per heavy atom. The Morgan fingerprint density at radius 2 is 1.60 bits per heavy atom. The fourth-order valence-corrected chi connectivity index (χ4v) is 2.56. The minimum absolute atomic E-state index is 0.259. The van der Waals surface area contributed by atoms with E-state index in [2.05, 4.69) is 10.6 Å². The van der Waals surface area contributed by atoms with Crippen molar-refractivity contribution in [3.8, 4) is 0 Å². The summed E-state index contributed by atoms with van der Waals surface area (Å²) in [7, 11) is -3.28. The first-order valence-electron chi connectivity index (χ1n) is 6.45. The molecule has 0 saturated heterocycles. The van der Waals surface area contributed by atoms with Gasteiger partial charge < -0.3 is 10.6 Å². The summed E-state index contributed by atoms with van der Waals surface area (Å²) in [6, 6.07) is 5.84. The van der Waals surface area contributed by atoms with Crippen molar-refractivity contribution in [2.75, 3.05) is 5.32 Å². The Hall–Kier alpha value is -1.56. The summed E-state index contributed by atoms with van der Waals surface area (Å²) < 4.78 is 23.9. The molecule has 0 aliphatic heterocycles. The van der Waals surface area contributed by atoms with Gasteiger partial charge in [-0.2, -0.15) is 0 Å². The van der Waals surface area contributed by atoms with Gasteiger partial charge in [0.2, 0.25) is 0 Å². The Labute approximate surface area is 120 Å². The van der Waals surface area contributed by atoms with Crippen molar-refractivity contribution in [1.29, 1.82) is 0 Å². The van der Waals surface area contributed by atoms with Crippen molar-refractivity contribution in [1.82, 2.24) is 5.32 Å². The van der Waals surface area contributed by atoms with Crippen LogP contribution in [-0.4, -0.2) is 25.2 Å². The summed E-state index contributed by atoms with van der Waals surface area (Å²) in [5.41, 5.74) is 0.222. The number of amides is 2. The molecule has 1 rings (SSSR count). The molecule has 0 bridgehead atoms. The van der Waals surface area contributed by atoms with E-state index in [1.54, 1.807) is 26.0 Å². The standard InChI is InChI=1S/C14H22N2O3S/c1-10(2)20(18,19)12-8-6-11(7-9-12)15-13(17)16-14(3,4)5/h6-10H,1-5H3,(H2,15,16,17). The zero-order valence-electron chi connectivity index (χ0n) is 12.5. The van der Waals surface area contributed by atoms with Crippen molar-refractivity contribution < 1.29 is 13.2 Å². The largest absolute Gasteiger partial charge is 0.333 e. The molecule has 0 fully saturated rings. The molecule has 0 aromatic heterocycles. The van der Waals surface area contributed by atoms with E-state index in [0.29, 0.717) is 5.69 Å². The van der Waals surface area contributed by atoms with E-state index in [0.717, 1.165) is 0 Å². The van der Waals surface area contributed by atoms with Gasteiger partial charge in [-0.05, 0) is 58.9 Å². The van der Waals surface area contributed by atoms with Crippen molar-refractivity contribution in [3.63, 3.8) is 0 Å². The van der Waals surface area contributed by atoms with E-state index in [-0.39, 0.29) is 16.5 Å². The number of hydrogen-bond donors (Lipinski definition) is 2. The first-order valence-corrected chi connectivity index (χ1v) is 8.00. The van der Waals surface area contributed by atoms with E-state index in [1.807, 2.05) is 20.8 Å². The van der Waals surface area contributed by atoms with Crippen LogP contribution in [-0.2, 0) is 9.84 Å². The maximum atomic E-state index is 12.0. The zero-order chi connectivity index (χ0) is 15.6. The van der Waals surface area contributed by atoms with Crippen LogP contribution in [0.5, 0.6) is 0 Å². The molecule has 0 unspecified atom stereocenters. The Balaban J connectivity index is 2.81. The van der Waals surface area contributed by atoms with Crippen molar-refractivity contribution in [2.45, 2.75) is 50.3 Å². The molecule has 112 valence electrons. The average Bonchev–Trinajstić information content (AvgIpc) is 2.26. The Morgan fingerprint density at radius 3 is 2.00 bits per heavy atom. The lowest BCUT2D eigenvalue weighted by Crippen LogP contribution is -2.43. The number of urea groups is 1. The lowest BCUT2D eigenvalue weighted by atomic mass is 10.1. The quantitative estimate of drug-likeness (QED) is 0.901. The molecule has 0 heterocycles. The van der Waals surface area contributed by atoms with E-state index < -0.39 is 15.1 Å². The maximum Gasteiger partial charge on any atom is 0.319 e. The second-order valence-electron chi connectivity index (χ2n) is 5.95. The van der Waals surface area contributed by atoms with Crippen LogP contribution in [0.25, 0.3) is 0 Å². The van der Waals surface area contributed by atoms with Crippen LogP contribution in [0.3, 0.4) is 0 Å². The number of anilines is 1. The molecule has 0 radical (unpaired) electrons. The molecule has 20 heavy (non-hydrogen) atoms. The minimum atomic E-state index is -3.28. The van der Waals surface area contributed by atoms with Crippen molar-refractivity contribution in [3.05, 3.63) is 24.3 Å². The first-order chi connectivity index (χ1) is 9.02. The number of sulfone groups is 1. The third-order valence-electron chi connectivity index (χ3n) is 2.55. The van der Waals surface area contributed by atoms with Gasteiger partial charge in [0, 0.05) is 11.2 Å². The molecule has 0 atom stereocenters. The molecule has 0 aliphatic rings. The molecule has 2 N–H and O–H groups in total. The third kappa shape index (κ3) is 4.52. The summed E-state index contributed by atoms with van der Waals surface area (Å²) in [5, 5.41) is 4.96. The van der Waals surface area contributed by atoms with E-state index in [9.17, 15) is 13.2 Å². The fourth-order valence-electron chi connectivity index (χ4n) is 1.50. The van der Waals surface area contributed by atoms with E-state index in [4.69, 9.17) is 0 Å². The second kappa shape index (κ2) is 5.83. The van der Waals surface area contributed by atoms with Gasteiger partial charge in [0.05, 0.1) is 10.1 Å². The lowest BCUT2D eigenvalue weighted by molar-refractivity contribution is 0.244. The highest BCUT2D eigenvalue weighted by atomic mass is 32.2. The highest BCUT2D eigenvalue weighted by molar-refractivity contribution is 7.92. The van der Waals surface area contributed by atoms with Gasteiger partial charge in [-0.15, -0.1) is 0 Å². The van der Waals surface area contributed by atoms with Gasteiger partial charge in [0.1, 0.15) is 0 Å². The van der Waals surface area contributed by atoms with Crippen molar-refractivity contribution in [2.24, 2.45) is 0 Å². The third-order valence-corrected chi connectivity index (χ3v) is 4.72. The number of hydrogen-bond acceptors (Lipinski definition) is 3. The zero-order valence-corrected chi connectivity index (χ0v) is 13.3. The minimum Gasteiger partial charge on any atom is -0.333 e. The van der Waals surface area contributed by atoms with Gasteiger partial charge in [0.25, 0.3) is 0 Å². The predicted octanol–water partition coefficient (Wildman–Crippen LogP) is 2.79. The highest BCUT2D eigenvalue weighted by Crippen LogP contribution is 2.18. The fraction of sp³-hybridized carbons (Fsp3) is 0.500. The number of carbonyl (C=O) groups excluding carboxylic acids is 1. The summed E-state index contributed by atoms with van der Waals surface area (Å²) >= 11 is 0. The molecule has 1 aromatic rings. The summed E-state index contributed by atoms with van der Waals surface area (Å²) in [4.78, 5) is 11.9. The number of carbonyl (C=O) groups is 1. The predicted molar refractivity (Wildman–Crippen MR) is 80.7 cm³/mol. The van der Waals surface area contributed by atoms with E-state index >= 15 is 0 Å². The van der Waals surface area contributed by atoms with Gasteiger partial charge in [-0.25, -0.2) is 13.2 Å². The monoisotopic (exact) mass is 298 g/mol. The van der Waals surface area contributed by atoms with Crippen LogP contribution in [0.4, 0.5) is 10.5 Å². The molecule has 2 amide bonds. The number of rotatable bonds is 3. The summed E-state index contributed by atoms with van der Waals surface area (Å²) in [6.45, 7) is 8.91.